The topological polar surface area (TPSA) is 95.9 Å². The van der Waals surface area contributed by atoms with Gasteiger partial charge in [-0.15, -0.1) is 0 Å². The van der Waals surface area contributed by atoms with Crippen LogP contribution in [0.2, 0.25) is 0 Å². The molecular formula is C9H16N2O5. The minimum atomic E-state index is -1.07. The van der Waals surface area contributed by atoms with Crippen LogP contribution in [0.3, 0.4) is 0 Å². The molecule has 0 bridgehead atoms. The fourth-order valence-corrected chi connectivity index (χ4v) is 0.827. The van der Waals surface area contributed by atoms with Crippen LogP contribution in [0.1, 0.15) is 12.8 Å². The Morgan fingerprint density at radius 1 is 1.31 bits per heavy atom. The van der Waals surface area contributed by atoms with Gasteiger partial charge in [-0.3, -0.25) is 14.9 Å². The fourth-order valence-electron chi connectivity index (χ4n) is 0.827. The van der Waals surface area contributed by atoms with Crippen molar-refractivity contribution in [3.63, 3.8) is 0 Å². The highest BCUT2D eigenvalue weighted by molar-refractivity contribution is 5.95. The van der Waals surface area contributed by atoms with E-state index in [1.165, 1.54) is 19.1 Å². The van der Waals surface area contributed by atoms with Crippen molar-refractivity contribution in [1.82, 2.24) is 10.2 Å². The predicted molar refractivity (Wildman–Crippen MR) is 54.9 cm³/mol. The molecular weight excluding hydrogens is 216 g/mol. The Kier molecular flexibility index (Phi) is 6.86. The van der Waals surface area contributed by atoms with Crippen molar-refractivity contribution in [2.75, 3.05) is 27.3 Å². The SMILES string of the molecule is COCCN(C)C(=O)NC(=O)CCC(=O)O. The minimum Gasteiger partial charge on any atom is -0.481 e. The number of likely N-dealkylation sites (N-methyl/N-ethyl adjacent to an activating group) is 1. The Balaban J connectivity index is 3.85. The number of methoxy groups -OCH3 is 1. The van der Waals surface area contributed by atoms with E-state index in [4.69, 9.17) is 9.84 Å². The summed E-state index contributed by atoms with van der Waals surface area (Å²) in [5.74, 6) is -1.67. The lowest BCUT2D eigenvalue weighted by molar-refractivity contribution is -0.138. The number of nitrogens with one attached hydrogen (secondary N) is 1. The maximum atomic E-state index is 11.3. The van der Waals surface area contributed by atoms with Gasteiger partial charge in [0.05, 0.1) is 13.0 Å². The number of amides is 3. The summed E-state index contributed by atoms with van der Waals surface area (Å²) >= 11 is 0. The molecule has 7 nitrogen and oxygen atoms in total. The Hall–Kier alpha value is -1.63. The molecule has 16 heavy (non-hydrogen) atoms. The molecule has 0 fully saturated rings. The third kappa shape index (κ3) is 6.77. The number of hydrogen-bond donors (Lipinski definition) is 2. The summed E-state index contributed by atoms with van der Waals surface area (Å²) in [6.07, 6.45) is -0.500. The van der Waals surface area contributed by atoms with E-state index in [1.54, 1.807) is 0 Å². The first-order chi connectivity index (χ1) is 7.47. The van der Waals surface area contributed by atoms with Crippen LogP contribution < -0.4 is 5.32 Å². The number of carboxylic acid groups (broad SMARTS) is 1. The van der Waals surface area contributed by atoms with Gasteiger partial charge in [-0.1, -0.05) is 0 Å². The third-order valence-electron chi connectivity index (χ3n) is 1.79. The number of carbonyl (C=O) groups is 3. The van der Waals surface area contributed by atoms with Gasteiger partial charge in [-0.25, -0.2) is 4.79 Å². The van der Waals surface area contributed by atoms with Crippen molar-refractivity contribution in [2.45, 2.75) is 12.8 Å². The van der Waals surface area contributed by atoms with Gasteiger partial charge in [0.1, 0.15) is 0 Å². The average Bonchev–Trinajstić information content (AvgIpc) is 2.22. The van der Waals surface area contributed by atoms with E-state index in [9.17, 15) is 14.4 Å². The molecule has 0 aliphatic rings. The predicted octanol–water partition coefficient (Wildman–Crippen LogP) is -0.334. The quantitative estimate of drug-likeness (QED) is 0.653. The lowest BCUT2D eigenvalue weighted by atomic mass is 10.3. The van der Waals surface area contributed by atoms with Crippen molar-refractivity contribution < 1.29 is 24.2 Å². The van der Waals surface area contributed by atoms with Gasteiger partial charge in [0.2, 0.25) is 5.91 Å². The summed E-state index contributed by atoms with van der Waals surface area (Å²) in [6, 6.07) is -0.563. The monoisotopic (exact) mass is 232 g/mol. The average molecular weight is 232 g/mol. The lowest BCUT2D eigenvalue weighted by Crippen LogP contribution is -2.42. The number of carboxylic acids is 1. The molecule has 0 radical (unpaired) electrons. The summed E-state index contributed by atoms with van der Waals surface area (Å²) in [7, 11) is 3.02. The van der Waals surface area contributed by atoms with Gasteiger partial charge >= 0.3 is 12.0 Å². The molecule has 0 unspecified atom stereocenters. The second-order valence-electron chi connectivity index (χ2n) is 3.16. The summed E-state index contributed by atoms with van der Waals surface area (Å²) in [5, 5.41) is 10.4. The zero-order valence-electron chi connectivity index (χ0n) is 9.36. The highest BCUT2D eigenvalue weighted by Gasteiger charge is 2.12. The van der Waals surface area contributed by atoms with Gasteiger partial charge in [0.15, 0.2) is 0 Å². The molecule has 0 aromatic carbocycles. The molecule has 0 aromatic rings. The van der Waals surface area contributed by atoms with E-state index in [0.717, 1.165) is 0 Å². The van der Waals surface area contributed by atoms with Gasteiger partial charge in [0.25, 0.3) is 0 Å². The normalized spacial score (nSPS) is 9.62. The van der Waals surface area contributed by atoms with Crippen molar-refractivity contribution in [1.29, 1.82) is 0 Å². The van der Waals surface area contributed by atoms with Gasteiger partial charge in [0, 0.05) is 27.1 Å². The molecule has 0 atom stereocenters. The summed E-state index contributed by atoms with van der Waals surface area (Å²) in [4.78, 5) is 33.8. The highest BCUT2D eigenvalue weighted by Crippen LogP contribution is 1.90. The van der Waals surface area contributed by atoms with Crippen LogP contribution in [-0.4, -0.2) is 55.2 Å². The summed E-state index contributed by atoms with van der Waals surface area (Å²) < 4.78 is 4.76. The minimum absolute atomic E-state index is 0.209. The first-order valence-electron chi connectivity index (χ1n) is 4.73. The highest BCUT2D eigenvalue weighted by atomic mass is 16.5. The summed E-state index contributed by atoms with van der Waals surface area (Å²) in [6.45, 7) is 0.724. The summed E-state index contributed by atoms with van der Waals surface area (Å²) in [5.41, 5.74) is 0. The number of nitrogens with zero attached hydrogens (tertiary/aromatic N) is 1. The molecule has 0 rings (SSSR count). The molecule has 3 amide bonds. The Labute approximate surface area is 93.4 Å². The van der Waals surface area contributed by atoms with Gasteiger partial charge < -0.3 is 14.7 Å². The smallest absolute Gasteiger partial charge is 0.323 e. The Morgan fingerprint density at radius 2 is 1.94 bits per heavy atom. The number of hydrogen-bond acceptors (Lipinski definition) is 4. The molecule has 0 aliphatic heterocycles. The Morgan fingerprint density at radius 3 is 2.44 bits per heavy atom. The molecule has 92 valence electrons. The van der Waals surface area contributed by atoms with Crippen LogP contribution in [0, 0.1) is 0 Å². The number of carbonyl (C=O) groups excluding carboxylic acids is 2. The van der Waals surface area contributed by atoms with E-state index in [0.29, 0.717) is 13.2 Å². The number of urea groups is 1. The third-order valence-corrected chi connectivity index (χ3v) is 1.79. The fraction of sp³-hybridized carbons (Fsp3) is 0.667. The molecule has 0 heterocycles. The molecule has 0 aliphatic carbocycles. The van der Waals surface area contributed by atoms with Gasteiger partial charge in [-0.2, -0.15) is 0 Å². The second-order valence-corrected chi connectivity index (χ2v) is 3.16. The van der Waals surface area contributed by atoms with Crippen LogP contribution in [0.25, 0.3) is 0 Å². The van der Waals surface area contributed by atoms with Crippen molar-refractivity contribution in [2.24, 2.45) is 0 Å². The molecule has 0 spiro atoms. The number of imide groups is 1. The van der Waals surface area contributed by atoms with Crippen molar-refractivity contribution in [3.05, 3.63) is 0 Å². The van der Waals surface area contributed by atoms with Crippen LogP contribution in [-0.2, 0) is 14.3 Å². The van der Waals surface area contributed by atoms with E-state index < -0.39 is 17.9 Å². The first-order valence-corrected chi connectivity index (χ1v) is 4.73. The Bertz CT molecular complexity index is 267. The lowest BCUT2D eigenvalue weighted by Gasteiger charge is -2.16. The van der Waals surface area contributed by atoms with Crippen molar-refractivity contribution in [3.8, 4) is 0 Å². The number of ether oxygens (including phenoxy) is 1. The molecule has 0 saturated carbocycles. The molecule has 0 aromatic heterocycles. The molecule has 2 N–H and O–H groups in total. The maximum Gasteiger partial charge on any atom is 0.323 e. The molecule has 0 saturated heterocycles. The van der Waals surface area contributed by atoms with Crippen molar-refractivity contribution >= 4 is 17.9 Å². The zero-order chi connectivity index (χ0) is 12.6. The van der Waals surface area contributed by atoms with E-state index in [2.05, 4.69) is 5.32 Å². The van der Waals surface area contributed by atoms with Crippen LogP contribution >= 0.6 is 0 Å². The van der Waals surface area contributed by atoms with Crippen LogP contribution in [0.15, 0.2) is 0 Å². The first kappa shape index (κ1) is 14.4. The number of aliphatic carboxylic acids is 1. The second kappa shape index (κ2) is 7.63. The number of rotatable bonds is 6. The largest absolute Gasteiger partial charge is 0.481 e. The van der Waals surface area contributed by atoms with Gasteiger partial charge in [-0.05, 0) is 0 Å². The standard InChI is InChI=1S/C9H16N2O5/c1-11(5-6-16-2)9(15)10-7(12)3-4-8(13)14/h3-6H2,1-2H3,(H,13,14)(H,10,12,15). The van der Waals surface area contributed by atoms with E-state index >= 15 is 0 Å². The molecule has 7 heteroatoms. The zero-order valence-corrected chi connectivity index (χ0v) is 9.36. The van der Waals surface area contributed by atoms with Crippen LogP contribution in [0.4, 0.5) is 4.79 Å². The van der Waals surface area contributed by atoms with E-state index in [1.807, 2.05) is 0 Å². The maximum absolute atomic E-state index is 11.3. The van der Waals surface area contributed by atoms with Crippen LogP contribution in [0.5, 0.6) is 0 Å². The van der Waals surface area contributed by atoms with E-state index in [-0.39, 0.29) is 12.8 Å².